The number of rotatable bonds is 2. The van der Waals surface area contributed by atoms with Crippen LogP contribution in [0.1, 0.15) is 17.5 Å². The third kappa shape index (κ3) is 2.46. The number of nitrogens with zero attached hydrogens (tertiary/aromatic N) is 1. The van der Waals surface area contributed by atoms with Crippen LogP contribution in [0.15, 0.2) is 24.0 Å². The van der Waals surface area contributed by atoms with Crippen LogP contribution in [-0.4, -0.2) is 24.7 Å². The van der Waals surface area contributed by atoms with Crippen molar-refractivity contribution in [3.63, 3.8) is 0 Å². The minimum Gasteiger partial charge on any atom is -0.476 e. The van der Waals surface area contributed by atoms with Crippen molar-refractivity contribution in [1.29, 1.82) is 0 Å². The van der Waals surface area contributed by atoms with Gasteiger partial charge in [-0.2, -0.15) is 4.39 Å². The molecule has 90 valence electrons. The first-order chi connectivity index (χ1) is 8.08. The van der Waals surface area contributed by atoms with Crippen molar-refractivity contribution in [3.8, 4) is 0 Å². The van der Waals surface area contributed by atoms with Crippen molar-refractivity contribution in [2.24, 2.45) is 0 Å². The molecule has 0 radical (unpaired) electrons. The monoisotopic (exact) mass is 235 g/mol. The number of carboxylic acids is 1. The molecular formula is C13H14FNO2. The Balaban J connectivity index is 2.34. The molecule has 0 saturated carbocycles. The van der Waals surface area contributed by atoms with Crippen LogP contribution in [0.4, 0.5) is 10.1 Å². The molecule has 0 atom stereocenters. The number of aryl methyl sites for hydroxylation is 1. The molecule has 0 saturated heterocycles. The molecule has 3 nitrogen and oxygen atoms in total. The van der Waals surface area contributed by atoms with Crippen molar-refractivity contribution < 1.29 is 14.3 Å². The highest BCUT2D eigenvalue weighted by molar-refractivity contribution is 5.89. The van der Waals surface area contributed by atoms with E-state index < -0.39 is 11.8 Å². The van der Waals surface area contributed by atoms with Crippen molar-refractivity contribution in [2.45, 2.75) is 12.8 Å². The molecule has 0 spiro atoms. The van der Waals surface area contributed by atoms with Gasteiger partial charge in [0.1, 0.15) is 0 Å². The van der Waals surface area contributed by atoms with E-state index in [9.17, 15) is 9.18 Å². The summed E-state index contributed by atoms with van der Waals surface area (Å²) in [4.78, 5) is 12.5. The third-order valence-electron chi connectivity index (χ3n) is 2.95. The SMILES string of the molecule is CN1CCCc2cc(C=C(F)C(=O)O)ccc21. The van der Waals surface area contributed by atoms with Crippen molar-refractivity contribution in [3.05, 3.63) is 35.2 Å². The zero-order chi connectivity index (χ0) is 12.4. The molecule has 1 heterocycles. The maximum absolute atomic E-state index is 13.0. The fourth-order valence-electron chi connectivity index (χ4n) is 2.10. The minimum absolute atomic E-state index is 0.596. The van der Waals surface area contributed by atoms with E-state index in [0.29, 0.717) is 5.56 Å². The number of carboxylic acid groups (broad SMARTS) is 1. The Kier molecular flexibility index (Phi) is 3.13. The predicted octanol–water partition coefficient (Wildman–Crippen LogP) is 2.46. The summed E-state index contributed by atoms with van der Waals surface area (Å²) < 4.78 is 13.0. The highest BCUT2D eigenvalue weighted by Gasteiger charge is 2.13. The van der Waals surface area contributed by atoms with Gasteiger partial charge in [-0.05, 0) is 42.2 Å². The second-order valence-corrected chi connectivity index (χ2v) is 4.21. The molecule has 0 amide bonds. The van der Waals surface area contributed by atoms with Gasteiger partial charge in [0.2, 0.25) is 5.83 Å². The summed E-state index contributed by atoms with van der Waals surface area (Å²) in [6.45, 7) is 1.02. The van der Waals surface area contributed by atoms with Gasteiger partial charge in [-0.25, -0.2) is 4.79 Å². The number of aliphatic carboxylic acids is 1. The van der Waals surface area contributed by atoms with Gasteiger partial charge in [-0.15, -0.1) is 0 Å². The number of halogens is 1. The van der Waals surface area contributed by atoms with Gasteiger partial charge in [-0.3, -0.25) is 0 Å². The van der Waals surface area contributed by atoms with Gasteiger partial charge < -0.3 is 10.0 Å². The third-order valence-corrected chi connectivity index (χ3v) is 2.95. The molecule has 2 rings (SSSR count). The maximum atomic E-state index is 13.0. The molecule has 0 fully saturated rings. The Labute approximate surface area is 99.2 Å². The van der Waals surface area contributed by atoms with E-state index in [1.54, 1.807) is 6.07 Å². The fourth-order valence-corrected chi connectivity index (χ4v) is 2.10. The second-order valence-electron chi connectivity index (χ2n) is 4.21. The highest BCUT2D eigenvalue weighted by atomic mass is 19.1. The molecule has 17 heavy (non-hydrogen) atoms. The highest BCUT2D eigenvalue weighted by Crippen LogP contribution is 2.27. The van der Waals surface area contributed by atoms with Gasteiger partial charge in [0, 0.05) is 19.3 Å². The van der Waals surface area contributed by atoms with Crippen LogP contribution in [0.25, 0.3) is 6.08 Å². The summed E-state index contributed by atoms with van der Waals surface area (Å²) in [5, 5.41) is 8.47. The smallest absolute Gasteiger partial charge is 0.364 e. The topological polar surface area (TPSA) is 40.5 Å². The van der Waals surface area contributed by atoms with Crippen LogP contribution in [0.2, 0.25) is 0 Å². The van der Waals surface area contributed by atoms with Crippen LogP contribution in [0, 0.1) is 0 Å². The Morgan fingerprint density at radius 1 is 1.53 bits per heavy atom. The van der Waals surface area contributed by atoms with E-state index in [-0.39, 0.29) is 0 Å². The largest absolute Gasteiger partial charge is 0.476 e. The van der Waals surface area contributed by atoms with Crippen LogP contribution >= 0.6 is 0 Å². The van der Waals surface area contributed by atoms with Gasteiger partial charge in [0.05, 0.1) is 0 Å². The second kappa shape index (κ2) is 4.57. The number of carbonyl (C=O) groups is 1. The Hall–Kier alpha value is -1.84. The van der Waals surface area contributed by atoms with Gasteiger partial charge in [-0.1, -0.05) is 6.07 Å². The lowest BCUT2D eigenvalue weighted by atomic mass is 9.99. The molecule has 0 unspecified atom stereocenters. The van der Waals surface area contributed by atoms with Crippen molar-refractivity contribution >= 4 is 17.7 Å². The minimum atomic E-state index is -1.53. The normalized spacial score (nSPS) is 15.6. The molecule has 0 bridgehead atoms. The number of hydrogen-bond donors (Lipinski definition) is 1. The van der Waals surface area contributed by atoms with E-state index in [1.807, 2.05) is 19.2 Å². The van der Waals surface area contributed by atoms with Crippen LogP contribution < -0.4 is 4.90 Å². The predicted molar refractivity (Wildman–Crippen MR) is 64.8 cm³/mol. The Bertz CT molecular complexity index is 482. The summed E-state index contributed by atoms with van der Waals surface area (Å²) in [5.74, 6) is -2.66. The lowest BCUT2D eigenvalue weighted by Gasteiger charge is -2.27. The van der Waals surface area contributed by atoms with Gasteiger partial charge >= 0.3 is 5.97 Å². The number of hydrogen-bond acceptors (Lipinski definition) is 2. The molecule has 1 aliphatic rings. The first-order valence-electron chi connectivity index (χ1n) is 5.52. The van der Waals surface area contributed by atoms with E-state index in [1.165, 1.54) is 0 Å². The van der Waals surface area contributed by atoms with E-state index in [2.05, 4.69) is 4.90 Å². The molecule has 1 aromatic carbocycles. The zero-order valence-electron chi connectivity index (χ0n) is 9.61. The quantitative estimate of drug-likeness (QED) is 0.800. The molecule has 1 aliphatic heterocycles. The van der Waals surface area contributed by atoms with E-state index in [4.69, 9.17) is 5.11 Å². The zero-order valence-corrected chi connectivity index (χ0v) is 9.61. The fraction of sp³-hybridized carbons (Fsp3) is 0.308. The number of fused-ring (bicyclic) bond motifs is 1. The summed E-state index contributed by atoms with van der Waals surface area (Å²) in [7, 11) is 2.02. The number of anilines is 1. The summed E-state index contributed by atoms with van der Waals surface area (Å²) >= 11 is 0. The lowest BCUT2D eigenvalue weighted by molar-refractivity contribution is -0.134. The first-order valence-corrected chi connectivity index (χ1v) is 5.52. The Morgan fingerprint density at radius 3 is 3.00 bits per heavy atom. The molecule has 0 aliphatic carbocycles. The lowest BCUT2D eigenvalue weighted by Crippen LogP contribution is -2.24. The van der Waals surface area contributed by atoms with Crippen LogP contribution in [-0.2, 0) is 11.2 Å². The van der Waals surface area contributed by atoms with Gasteiger partial charge in [0.15, 0.2) is 0 Å². The van der Waals surface area contributed by atoms with Crippen LogP contribution in [0.3, 0.4) is 0 Å². The molecule has 0 aromatic heterocycles. The summed E-state index contributed by atoms with van der Waals surface area (Å²) in [6.07, 6.45) is 3.07. The van der Waals surface area contributed by atoms with E-state index >= 15 is 0 Å². The maximum Gasteiger partial charge on any atom is 0.364 e. The average Bonchev–Trinajstić information content (AvgIpc) is 2.29. The standard InChI is InChI=1S/C13H14FNO2/c1-15-6-2-3-10-7-9(4-5-12(10)15)8-11(14)13(16)17/h4-5,7-8H,2-3,6H2,1H3,(H,16,17). The molecule has 4 heteroatoms. The first kappa shape index (κ1) is 11.6. The van der Waals surface area contributed by atoms with E-state index in [0.717, 1.165) is 36.7 Å². The molecule has 1 N–H and O–H groups in total. The average molecular weight is 235 g/mol. The van der Waals surface area contributed by atoms with Crippen molar-refractivity contribution in [2.75, 3.05) is 18.5 Å². The summed E-state index contributed by atoms with van der Waals surface area (Å²) in [6, 6.07) is 5.51. The number of benzene rings is 1. The van der Waals surface area contributed by atoms with Crippen molar-refractivity contribution in [1.82, 2.24) is 0 Å². The summed E-state index contributed by atoms with van der Waals surface area (Å²) in [5.41, 5.74) is 2.88. The van der Waals surface area contributed by atoms with Gasteiger partial charge in [0.25, 0.3) is 0 Å². The molecular weight excluding hydrogens is 221 g/mol. The molecule has 1 aromatic rings. The Morgan fingerprint density at radius 2 is 2.29 bits per heavy atom. The van der Waals surface area contributed by atoms with Crippen LogP contribution in [0.5, 0.6) is 0 Å².